The van der Waals surface area contributed by atoms with E-state index in [4.69, 9.17) is 4.74 Å². The van der Waals surface area contributed by atoms with Crippen LogP contribution < -0.4 is 0 Å². The van der Waals surface area contributed by atoms with Crippen LogP contribution in [0.25, 0.3) is 0 Å². The Morgan fingerprint density at radius 1 is 1.44 bits per heavy atom. The second-order valence-electron chi connectivity index (χ2n) is 5.68. The summed E-state index contributed by atoms with van der Waals surface area (Å²) in [6.45, 7) is 10.8. The zero-order valence-electron chi connectivity index (χ0n) is 11.2. The number of hydrogen-bond donors (Lipinski definition) is 0. The molecule has 1 unspecified atom stereocenters. The van der Waals surface area contributed by atoms with Gasteiger partial charge in [-0.15, -0.1) is 0 Å². The van der Waals surface area contributed by atoms with Crippen molar-refractivity contribution in [3.8, 4) is 0 Å². The Morgan fingerprint density at radius 3 is 2.38 bits per heavy atom. The molecule has 0 heterocycles. The third kappa shape index (κ3) is 4.12. The van der Waals surface area contributed by atoms with E-state index >= 15 is 0 Å². The first-order valence-electron chi connectivity index (χ1n) is 6.33. The van der Waals surface area contributed by atoms with Crippen molar-refractivity contribution in [2.45, 2.75) is 71.6 Å². The van der Waals surface area contributed by atoms with E-state index in [-0.39, 0.29) is 17.6 Å². The molecule has 3 nitrogen and oxygen atoms in total. The van der Waals surface area contributed by atoms with Crippen molar-refractivity contribution in [1.82, 2.24) is 4.90 Å². The van der Waals surface area contributed by atoms with Crippen LogP contribution in [0.1, 0.15) is 53.9 Å². The summed E-state index contributed by atoms with van der Waals surface area (Å²) in [5.41, 5.74) is -0.382. The van der Waals surface area contributed by atoms with Crippen LogP contribution in [0.5, 0.6) is 0 Å². The highest BCUT2D eigenvalue weighted by atomic mass is 16.6. The third-order valence-electron chi connectivity index (χ3n) is 2.74. The predicted octanol–water partition coefficient (Wildman–Crippen LogP) is 2.59. The molecule has 1 aliphatic carbocycles. The van der Waals surface area contributed by atoms with Crippen molar-refractivity contribution >= 4 is 5.97 Å². The number of rotatable bonds is 5. The standard InChI is InChI=1S/C13H25NO2/c1-6-9-14(11-7-8-11)10(2)12(15)16-13(3,4)5/h10-11H,6-9H2,1-5H3. The topological polar surface area (TPSA) is 29.5 Å². The predicted molar refractivity (Wildman–Crippen MR) is 65.3 cm³/mol. The molecule has 1 saturated carbocycles. The average molecular weight is 227 g/mol. The third-order valence-corrected chi connectivity index (χ3v) is 2.74. The van der Waals surface area contributed by atoms with Gasteiger partial charge in [-0.05, 0) is 53.5 Å². The molecule has 1 fully saturated rings. The second kappa shape index (κ2) is 5.17. The monoisotopic (exact) mass is 227 g/mol. The SMILES string of the molecule is CCCN(C1CC1)C(C)C(=O)OC(C)(C)C. The Balaban J connectivity index is 2.52. The minimum Gasteiger partial charge on any atom is -0.459 e. The molecular weight excluding hydrogens is 202 g/mol. The van der Waals surface area contributed by atoms with Gasteiger partial charge in [0.15, 0.2) is 0 Å². The van der Waals surface area contributed by atoms with Crippen molar-refractivity contribution in [1.29, 1.82) is 0 Å². The van der Waals surface area contributed by atoms with Gasteiger partial charge >= 0.3 is 5.97 Å². The number of carbonyl (C=O) groups is 1. The van der Waals surface area contributed by atoms with Crippen LogP contribution in [0.15, 0.2) is 0 Å². The van der Waals surface area contributed by atoms with E-state index in [0.717, 1.165) is 13.0 Å². The largest absolute Gasteiger partial charge is 0.459 e. The Kier molecular flexibility index (Phi) is 4.36. The van der Waals surface area contributed by atoms with Gasteiger partial charge in [0, 0.05) is 6.04 Å². The maximum absolute atomic E-state index is 11.9. The van der Waals surface area contributed by atoms with Gasteiger partial charge in [0.2, 0.25) is 0 Å². The Morgan fingerprint density at radius 2 is 2.00 bits per heavy atom. The Labute approximate surface area is 99.1 Å². The molecule has 1 atom stereocenters. The van der Waals surface area contributed by atoms with E-state index in [1.807, 2.05) is 27.7 Å². The maximum atomic E-state index is 11.9. The Hall–Kier alpha value is -0.570. The minimum atomic E-state index is -0.382. The first kappa shape index (κ1) is 13.5. The maximum Gasteiger partial charge on any atom is 0.323 e. The molecule has 1 aliphatic rings. The molecule has 0 amide bonds. The molecule has 0 aromatic rings. The molecule has 0 aliphatic heterocycles. The van der Waals surface area contributed by atoms with Crippen molar-refractivity contribution in [2.24, 2.45) is 0 Å². The van der Waals surface area contributed by atoms with E-state index in [9.17, 15) is 4.79 Å². The number of esters is 1. The fraction of sp³-hybridized carbons (Fsp3) is 0.923. The van der Waals surface area contributed by atoms with E-state index in [2.05, 4.69) is 11.8 Å². The van der Waals surface area contributed by atoms with Gasteiger partial charge < -0.3 is 4.74 Å². The van der Waals surface area contributed by atoms with Crippen molar-refractivity contribution in [3.63, 3.8) is 0 Å². The highest BCUT2D eigenvalue weighted by Crippen LogP contribution is 2.29. The first-order valence-corrected chi connectivity index (χ1v) is 6.33. The van der Waals surface area contributed by atoms with Gasteiger partial charge in [0.1, 0.15) is 11.6 Å². The van der Waals surface area contributed by atoms with Crippen molar-refractivity contribution < 1.29 is 9.53 Å². The van der Waals surface area contributed by atoms with Gasteiger partial charge in [0.05, 0.1) is 0 Å². The van der Waals surface area contributed by atoms with Crippen LogP contribution in [0.3, 0.4) is 0 Å². The molecule has 0 aromatic heterocycles. The molecule has 3 heteroatoms. The lowest BCUT2D eigenvalue weighted by Crippen LogP contribution is -2.44. The van der Waals surface area contributed by atoms with E-state index in [1.54, 1.807) is 0 Å². The zero-order valence-corrected chi connectivity index (χ0v) is 11.2. The van der Waals surface area contributed by atoms with Gasteiger partial charge in [-0.3, -0.25) is 9.69 Å². The molecule has 0 N–H and O–H groups in total. The van der Waals surface area contributed by atoms with E-state index in [0.29, 0.717) is 6.04 Å². The molecule has 16 heavy (non-hydrogen) atoms. The molecule has 0 aromatic carbocycles. The van der Waals surface area contributed by atoms with Crippen LogP contribution in [0, 0.1) is 0 Å². The smallest absolute Gasteiger partial charge is 0.323 e. The van der Waals surface area contributed by atoms with E-state index in [1.165, 1.54) is 12.8 Å². The summed E-state index contributed by atoms with van der Waals surface area (Å²) in [7, 11) is 0. The first-order chi connectivity index (χ1) is 7.35. The number of hydrogen-bond acceptors (Lipinski definition) is 3. The lowest BCUT2D eigenvalue weighted by molar-refractivity contribution is -0.161. The normalized spacial score (nSPS) is 18.6. The summed E-state index contributed by atoms with van der Waals surface area (Å²) in [4.78, 5) is 14.2. The number of carbonyl (C=O) groups excluding carboxylic acids is 1. The fourth-order valence-electron chi connectivity index (χ4n) is 1.88. The van der Waals surface area contributed by atoms with Crippen LogP contribution in [0.2, 0.25) is 0 Å². The van der Waals surface area contributed by atoms with Crippen molar-refractivity contribution in [2.75, 3.05) is 6.54 Å². The van der Waals surface area contributed by atoms with Crippen LogP contribution in [-0.4, -0.2) is 35.1 Å². The van der Waals surface area contributed by atoms with Gasteiger partial charge in [-0.25, -0.2) is 0 Å². The molecule has 94 valence electrons. The van der Waals surface area contributed by atoms with Gasteiger partial charge in [-0.1, -0.05) is 6.92 Å². The van der Waals surface area contributed by atoms with Crippen molar-refractivity contribution in [3.05, 3.63) is 0 Å². The molecule has 0 spiro atoms. The van der Waals surface area contributed by atoms with E-state index < -0.39 is 0 Å². The highest BCUT2D eigenvalue weighted by Gasteiger charge is 2.35. The summed E-state index contributed by atoms with van der Waals surface area (Å²) < 4.78 is 5.42. The Bertz CT molecular complexity index is 241. The van der Waals surface area contributed by atoms with Gasteiger partial charge in [-0.2, -0.15) is 0 Å². The quantitative estimate of drug-likeness (QED) is 0.676. The molecule has 0 radical (unpaired) electrons. The fourth-order valence-corrected chi connectivity index (χ4v) is 1.88. The summed E-state index contributed by atoms with van der Waals surface area (Å²) in [6, 6.07) is 0.508. The van der Waals surface area contributed by atoms with Crippen LogP contribution in [0.4, 0.5) is 0 Å². The zero-order chi connectivity index (χ0) is 12.3. The average Bonchev–Trinajstić information content (AvgIpc) is 2.93. The minimum absolute atomic E-state index is 0.0900. The lowest BCUT2D eigenvalue weighted by Gasteiger charge is -2.30. The summed E-state index contributed by atoms with van der Waals surface area (Å²) in [6.07, 6.45) is 3.55. The highest BCUT2D eigenvalue weighted by molar-refractivity contribution is 5.75. The molecular formula is C13H25NO2. The second-order valence-corrected chi connectivity index (χ2v) is 5.68. The van der Waals surface area contributed by atoms with Gasteiger partial charge in [0.25, 0.3) is 0 Å². The lowest BCUT2D eigenvalue weighted by atomic mass is 10.2. The van der Waals surface area contributed by atoms with Crippen LogP contribution >= 0.6 is 0 Å². The molecule has 1 rings (SSSR count). The van der Waals surface area contributed by atoms with Crippen LogP contribution in [-0.2, 0) is 9.53 Å². The summed E-state index contributed by atoms with van der Waals surface area (Å²) in [5.74, 6) is -0.0900. The summed E-state index contributed by atoms with van der Waals surface area (Å²) >= 11 is 0. The number of nitrogens with zero attached hydrogens (tertiary/aromatic N) is 1. The molecule has 0 saturated heterocycles. The molecule has 0 bridgehead atoms. The summed E-state index contributed by atoms with van der Waals surface area (Å²) in [5, 5.41) is 0. The number of ether oxygens (including phenoxy) is 1.